The number of thioether (sulfide) groups is 2. The molecule has 0 radical (unpaired) electrons. The molecule has 0 unspecified atom stereocenters. The molecule has 11 heteroatoms. The second-order valence-electron chi connectivity index (χ2n) is 6.90. The van der Waals surface area contributed by atoms with Crippen molar-refractivity contribution >= 4 is 52.5 Å². The van der Waals surface area contributed by atoms with Crippen LogP contribution in [0, 0.1) is 0 Å². The molecule has 0 atom stereocenters. The van der Waals surface area contributed by atoms with Crippen molar-refractivity contribution in [3.8, 4) is 0 Å². The van der Waals surface area contributed by atoms with E-state index in [1.807, 2.05) is 4.90 Å². The van der Waals surface area contributed by atoms with Gasteiger partial charge in [0.15, 0.2) is 6.61 Å². The summed E-state index contributed by atoms with van der Waals surface area (Å²) in [6.07, 6.45) is 2.04. The molecule has 1 N–H and O–H groups in total. The van der Waals surface area contributed by atoms with Crippen molar-refractivity contribution in [2.75, 3.05) is 44.3 Å². The number of likely N-dealkylation sites (tertiary alicyclic amines) is 1. The van der Waals surface area contributed by atoms with Gasteiger partial charge in [-0.1, -0.05) is 23.9 Å². The van der Waals surface area contributed by atoms with E-state index in [0.29, 0.717) is 10.5 Å². The quantitative estimate of drug-likeness (QED) is 0.430. The largest absolute Gasteiger partial charge is 0.452 e. The Bertz CT molecular complexity index is 856. The van der Waals surface area contributed by atoms with Crippen molar-refractivity contribution in [2.24, 2.45) is 0 Å². The Morgan fingerprint density at radius 3 is 2.58 bits per heavy atom. The van der Waals surface area contributed by atoms with Crippen LogP contribution >= 0.6 is 23.5 Å². The molecule has 0 aromatic heterocycles. The number of imide groups is 1. The molecule has 9 nitrogen and oxygen atoms in total. The molecule has 1 aromatic carbocycles. The van der Waals surface area contributed by atoms with Crippen molar-refractivity contribution in [1.29, 1.82) is 0 Å². The maximum absolute atomic E-state index is 12.4. The molecule has 166 valence electrons. The van der Waals surface area contributed by atoms with E-state index in [9.17, 15) is 24.0 Å². The van der Waals surface area contributed by atoms with E-state index in [0.717, 1.165) is 42.6 Å². The third-order valence-electron chi connectivity index (χ3n) is 4.75. The predicted molar refractivity (Wildman–Crippen MR) is 116 cm³/mol. The Labute approximate surface area is 188 Å². The Morgan fingerprint density at radius 2 is 1.87 bits per heavy atom. The summed E-state index contributed by atoms with van der Waals surface area (Å²) in [6.45, 7) is 1.23. The standard InChI is InChI=1S/C20H23N3O6S2/c24-16(21-7-10-23-18(26)13-31-20(23)28)11-29-19(27)14-5-1-2-6-15(14)30-12-17(25)22-8-3-4-9-22/h1-2,5-6H,3-4,7-13H2,(H,21,24). The van der Waals surface area contributed by atoms with Gasteiger partial charge < -0.3 is 15.0 Å². The predicted octanol–water partition coefficient (Wildman–Crippen LogP) is 1.37. The summed E-state index contributed by atoms with van der Waals surface area (Å²) in [5.74, 6) is -1.09. The van der Waals surface area contributed by atoms with Crippen molar-refractivity contribution in [2.45, 2.75) is 17.7 Å². The summed E-state index contributed by atoms with van der Waals surface area (Å²) >= 11 is 2.20. The molecule has 0 saturated carbocycles. The maximum atomic E-state index is 12.4. The van der Waals surface area contributed by atoms with Crippen LogP contribution in [-0.2, 0) is 19.1 Å². The molecule has 0 aliphatic carbocycles. The van der Waals surface area contributed by atoms with E-state index in [4.69, 9.17) is 4.74 Å². The number of nitrogens with zero attached hydrogens (tertiary/aromatic N) is 2. The highest BCUT2D eigenvalue weighted by atomic mass is 32.2. The Hall–Kier alpha value is -2.53. The van der Waals surface area contributed by atoms with E-state index in [2.05, 4.69) is 5.32 Å². The molecule has 2 aliphatic rings. The van der Waals surface area contributed by atoms with Gasteiger partial charge >= 0.3 is 5.97 Å². The first-order valence-corrected chi connectivity index (χ1v) is 11.8. The molecule has 2 fully saturated rings. The number of hydrogen-bond donors (Lipinski definition) is 1. The van der Waals surface area contributed by atoms with Crippen molar-refractivity contribution < 1.29 is 28.7 Å². The lowest BCUT2D eigenvalue weighted by molar-refractivity contribution is -0.127. The fraction of sp³-hybridized carbons (Fsp3) is 0.450. The van der Waals surface area contributed by atoms with Crippen LogP contribution in [0.3, 0.4) is 0 Å². The minimum atomic E-state index is -0.659. The van der Waals surface area contributed by atoms with Gasteiger partial charge in [-0.05, 0) is 25.0 Å². The number of esters is 1. The van der Waals surface area contributed by atoms with Crippen molar-refractivity contribution in [3.63, 3.8) is 0 Å². The first-order chi connectivity index (χ1) is 15.0. The third-order valence-corrected chi connectivity index (χ3v) is 6.67. The Morgan fingerprint density at radius 1 is 1.13 bits per heavy atom. The van der Waals surface area contributed by atoms with Crippen LogP contribution in [0.5, 0.6) is 0 Å². The van der Waals surface area contributed by atoms with Gasteiger partial charge in [-0.2, -0.15) is 0 Å². The number of rotatable bonds is 9. The van der Waals surface area contributed by atoms with Crippen LogP contribution in [-0.4, -0.2) is 83.0 Å². The van der Waals surface area contributed by atoms with Gasteiger partial charge in [0.2, 0.25) is 11.8 Å². The molecule has 0 bridgehead atoms. The van der Waals surface area contributed by atoms with Gasteiger partial charge in [-0.3, -0.25) is 24.1 Å². The van der Waals surface area contributed by atoms with E-state index >= 15 is 0 Å². The molecule has 31 heavy (non-hydrogen) atoms. The van der Waals surface area contributed by atoms with Gasteiger partial charge in [0.1, 0.15) is 0 Å². The summed E-state index contributed by atoms with van der Waals surface area (Å²) in [5, 5.41) is 2.19. The lowest BCUT2D eigenvalue weighted by Crippen LogP contribution is -2.38. The molecule has 1 aromatic rings. The van der Waals surface area contributed by atoms with Crippen molar-refractivity contribution in [1.82, 2.24) is 15.1 Å². The minimum Gasteiger partial charge on any atom is -0.452 e. The molecular weight excluding hydrogens is 442 g/mol. The Balaban J connectivity index is 1.43. The summed E-state index contributed by atoms with van der Waals surface area (Å²) in [5.41, 5.74) is 0.291. The van der Waals surface area contributed by atoms with Gasteiger partial charge in [0.05, 0.1) is 17.1 Å². The number of amides is 4. The van der Waals surface area contributed by atoms with Gasteiger partial charge in [0, 0.05) is 31.1 Å². The highest BCUT2D eigenvalue weighted by Crippen LogP contribution is 2.24. The molecule has 0 spiro atoms. The monoisotopic (exact) mass is 465 g/mol. The molecule has 2 heterocycles. The highest BCUT2D eigenvalue weighted by molar-refractivity contribution is 8.14. The Kier molecular flexibility index (Phi) is 8.35. The second kappa shape index (κ2) is 11.2. The van der Waals surface area contributed by atoms with Crippen LogP contribution < -0.4 is 5.32 Å². The lowest BCUT2D eigenvalue weighted by atomic mass is 10.2. The number of benzene rings is 1. The molecular formula is C20H23N3O6S2. The number of ether oxygens (including phenoxy) is 1. The SMILES string of the molecule is O=C(COC(=O)c1ccccc1SCC(=O)N1CCCC1)NCCN1C(=O)CSC1=O. The molecule has 3 rings (SSSR count). The van der Waals surface area contributed by atoms with Crippen LogP contribution in [0.4, 0.5) is 4.79 Å². The number of carbonyl (C=O) groups is 5. The zero-order valence-electron chi connectivity index (χ0n) is 16.8. The first kappa shape index (κ1) is 23.1. The average molecular weight is 466 g/mol. The molecule has 2 saturated heterocycles. The summed E-state index contributed by atoms with van der Waals surface area (Å²) < 4.78 is 5.09. The minimum absolute atomic E-state index is 0.0402. The normalized spacial score (nSPS) is 16.0. The maximum Gasteiger partial charge on any atom is 0.339 e. The zero-order valence-corrected chi connectivity index (χ0v) is 18.5. The third kappa shape index (κ3) is 6.47. The second-order valence-corrected chi connectivity index (χ2v) is 8.84. The van der Waals surface area contributed by atoms with Gasteiger partial charge in [0.25, 0.3) is 11.1 Å². The summed E-state index contributed by atoms with van der Waals surface area (Å²) in [4.78, 5) is 63.1. The highest BCUT2D eigenvalue weighted by Gasteiger charge is 2.29. The van der Waals surface area contributed by atoms with Crippen LogP contribution in [0.2, 0.25) is 0 Å². The van der Waals surface area contributed by atoms with Gasteiger partial charge in [-0.25, -0.2) is 4.79 Å². The molecule has 2 aliphatic heterocycles. The fourth-order valence-electron chi connectivity index (χ4n) is 3.12. The zero-order chi connectivity index (χ0) is 22.2. The summed E-state index contributed by atoms with van der Waals surface area (Å²) in [7, 11) is 0. The lowest BCUT2D eigenvalue weighted by Gasteiger charge is -2.15. The van der Waals surface area contributed by atoms with E-state index in [1.54, 1.807) is 24.3 Å². The van der Waals surface area contributed by atoms with E-state index in [1.165, 1.54) is 11.8 Å². The van der Waals surface area contributed by atoms with Crippen LogP contribution in [0.1, 0.15) is 23.2 Å². The number of hydrogen-bond acceptors (Lipinski definition) is 8. The average Bonchev–Trinajstić information content (AvgIpc) is 3.42. The first-order valence-electron chi connectivity index (χ1n) is 9.86. The van der Waals surface area contributed by atoms with Crippen LogP contribution in [0.15, 0.2) is 29.2 Å². The number of nitrogens with one attached hydrogen (secondary N) is 1. The van der Waals surface area contributed by atoms with Crippen molar-refractivity contribution in [3.05, 3.63) is 29.8 Å². The number of carbonyl (C=O) groups excluding carboxylic acids is 5. The topological polar surface area (TPSA) is 113 Å². The van der Waals surface area contributed by atoms with Crippen LogP contribution in [0.25, 0.3) is 0 Å². The van der Waals surface area contributed by atoms with Gasteiger partial charge in [-0.15, -0.1) is 11.8 Å². The summed E-state index contributed by atoms with van der Waals surface area (Å²) in [6, 6.07) is 6.78. The molecule has 4 amide bonds. The fourth-order valence-corrected chi connectivity index (χ4v) is 4.82. The smallest absolute Gasteiger partial charge is 0.339 e. The van der Waals surface area contributed by atoms with E-state index < -0.39 is 18.5 Å². The van der Waals surface area contributed by atoms with E-state index in [-0.39, 0.29) is 41.6 Å².